The number of hydrogen-bond acceptors (Lipinski definition) is 4. The molecule has 1 aliphatic rings. The van der Waals surface area contributed by atoms with Crippen LogP contribution in [0.3, 0.4) is 0 Å². The lowest BCUT2D eigenvalue weighted by Gasteiger charge is -2.22. The summed E-state index contributed by atoms with van der Waals surface area (Å²) in [5.74, 6) is -1.45. The molecule has 2 atom stereocenters. The number of carbonyl (C=O) groups is 2. The normalized spacial score (nSPS) is 22.1. The summed E-state index contributed by atoms with van der Waals surface area (Å²) in [6.45, 7) is 2.32. The average molecular weight is 292 g/mol. The molecule has 7 nitrogen and oxygen atoms in total. The van der Waals surface area contributed by atoms with Gasteiger partial charge in [-0.2, -0.15) is 4.31 Å². The first-order valence-corrected chi connectivity index (χ1v) is 8.03. The van der Waals surface area contributed by atoms with Gasteiger partial charge in [0.25, 0.3) is 0 Å². The lowest BCUT2D eigenvalue weighted by atomic mass is 10.1. The number of sulfonamides is 1. The largest absolute Gasteiger partial charge is 0.481 e. The molecule has 1 saturated heterocycles. The van der Waals surface area contributed by atoms with E-state index in [4.69, 9.17) is 5.11 Å². The van der Waals surface area contributed by atoms with Crippen molar-refractivity contribution in [2.24, 2.45) is 5.92 Å². The first-order chi connectivity index (χ1) is 8.71. The highest BCUT2D eigenvalue weighted by molar-refractivity contribution is 7.88. The fraction of sp³-hybridized carbons (Fsp3) is 0.818. The number of amides is 1. The predicted molar refractivity (Wildman–Crippen MR) is 69.0 cm³/mol. The zero-order chi connectivity index (χ0) is 14.6. The number of carboxylic acid groups (broad SMARTS) is 1. The second-order valence-electron chi connectivity index (χ2n) is 4.98. The summed E-state index contributed by atoms with van der Waals surface area (Å²) in [5.41, 5.74) is 0. The van der Waals surface area contributed by atoms with Gasteiger partial charge in [-0.3, -0.25) is 9.59 Å². The first kappa shape index (κ1) is 15.9. The van der Waals surface area contributed by atoms with Crippen molar-refractivity contribution in [3.63, 3.8) is 0 Å². The van der Waals surface area contributed by atoms with E-state index in [0.29, 0.717) is 19.4 Å². The topological polar surface area (TPSA) is 104 Å². The van der Waals surface area contributed by atoms with E-state index in [-0.39, 0.29) is 24.8 Å². The molecule has 0 saturated carbocycles. The van der Waals surface area contributed by atoms with Crippen molar-refractivity contribution in [2.45, 2.75) is 32.2 Å². The third-order valence-corrected chi connectivity index (χ3v) is 4.37. The minimum absolute atomic E-state index is 0.0270. The Morgan fingerprint density at radius 2 is 2.11 bits per heavy atom. The van der Waals surface area contributed by atoms with E-state index < -0.39 is 22.0 Å². The summed E-state index contributed by atoms with van der Waals surface area (Å²) in [6, 6.07) is -0.660. The van der Waals surface area contributed by atoms with Crippen molar-refractivity contribution in [3.8, 4) is 0 Å². The first-order valence-electron chi connectivity index (χ1n) is 6.18. The molecule has 1 heterocycles. The van der Waals surface area contributed by atoms with Gasteiger partial charge in [0.1, 0.15) is 6.04 Å². The van der Waals surface area contributed by atoms with Crippen molar-refractivity contribution in [1.82, 2.24) is 9.62 Å². The molecule has 0 radical (unpaired) electrons. The second kappa shape index (κ2) is 6.33. The van der Waals surface area contributed by atoms with Crippen molar-refractivity contribution in [3.05, 3.63) is 0 Å². The van der Waals surface area contributed by atoms with Gasteiger partial charge in [-0.05, 0) is 18.8 Å². The zero-order valence-electron chi connectivity index (χ0n) is 11.1. The van der Waals surface area contributed by atoms with Crippen LogP contribution in [0.2, 0.25) is 0 Å². The van der Waals surface area contributed by atoms with Crippen LogP contribution in [0.5, 0.6) is 0 Å². The molecular weight excluding hydrogens is 272 g/mol. The van der Waals surface area contributed by atoms with Crippen LogP contribution >= 0.6 is 0 Å². The molecule has 0 aromatic heterocycles. The number of rotatable bonds is 6. The summed E-state index contributed by atoms with van der Waals surface area (Å²) in [7, 11) is -3.38. The van der Waals surface area contributed by atoms with E-state index in [0.717, 1.165) is 6.26 Å². The molecule has 0 aromatic rings. The van der Waals surface area contributed by atoms with Gasteiger partial charge in [0.15, 0.2) is 0 Å². The maximum absolute atomic E-state index is 11.9. The smallest absolute Gasteiger partial charge is 0.303 e. The number of hydrogen-bond donors (Lipinski definition) is 2. The van der Waals surface area contributed by atoms with E-state index in [1.165, 1.54) is 4.31 Å². The highest BCUT2D eigenvalue weighted by Gasteiger charge is 2.36. The molecule has 110 valence electrons. The van der Waals surface area contributed by atoms with Crippen LogP contribution in [0.15, 0.2) is 0 Å². The summed E-state index contributed by atoms with van der Waals surface area (Å²) in [4.78, 5) is 22.4. The summed E-state index contributed by atoms with van der Waals surface area (Å²) < 4.78 is 24.2. The third kappa shape index (κ3) is 4.79. The molecule has 1 rings (SSSR count). The number of aliphatic carboxylic acids is 1. The number of carbonyl (C=O) groups excluding carboxylic acids is 1. The van der Waals surface area contributed by atoms with Crippen LogP contribution in [0.1, 0.15) is 26.2 Å². The Balaban J connectivity index is 2.52. The standard InChI is InChI=1S/C11H20N2O5S/c1-8(6-10(14)15)7-12-11(16)9-4-3-5-13(9)19(2,17)18/h8-9H,3-7H2,1-2H3,(H,12,16)(H,14,15). The Morgan fingerprint density at radius 3 is 2.63 bits per heavy atom. The molecule has 0 aliphatic carbocycles. The molecule has 1 fully saturated rings. The maximum atomic E-state index is 11.9. The average Bonchev–Trinajstić information content (AvgIpc) is 2.73. The lowest BCUT2D eigenvalue weighted by Crippen LogP contribution is -2.46. The van der Waals surface area contributed by atoms with Gasteiger partial charge in [0.2, 0.25) is 15.9 Å². The van der Waals surface area contributed by atoms with E-state index in [1.807, 2.05) is 0 Å². The Kier molecular flexibility index (Phi) is 5.30. The molecule has 1 amide bonds. The maximum Gasteiger partial charge on any atom is 0.303 e. The fourth-order valence-corrected chi connectivity index (χ4v) is 3.29. The van der Waals surface area contributed by atoms with Gasteiger partial charge in [0.05, 0.1) is 6.26 Å². The minimum Gasteiger partial charge on any atom is -0.481 e. The molecule has 19 heavy (non-hydrogen) atoms. The molecule has 0 bridgehead atoms. The van der Waals surface area contributed by atoms with Crippen molar-refractivity contribution >= 4 is 21.9 Å². The number of nitrogens with one attached hydrogen (secondary N) is 1. The molecule has 2 unspecified atom stereocenters. The van der Waals surface area contributed by atoms with E-state index in [1.54, 1.807) is 6.92 Å². The second-order valence-corrected chi connectivity index (χ2v) is 6.91. The van der Waals surface area contributed by atoms with Gasteiger partial charge in [-0.1, -0.05) is 6.92 Å². The third-order valence-electron chi connectivity index (χ3n) is 3.08. The minimum atomic E-state index is -3.38. The molecule has 2 N–H and O–H groups in total. The van der Waals surface area contributed by atoms with E-state index in [9.17, 15) is 18.0 Å². The van der Waals surface area contributed by atoms with Gasteiger partial charge in [-0.25, -0.2) is 8.42 Å². The molecular formula is C11H20N2O5S. The van der Waals surface area contributed by atoms with Gasteiger partial charge in [-0.15, -0.1) is 0 Å². The molecule has 1 aliphatic heterocycles. The monoisotopic (exact) mass is 292 g/mol. The van der Waals surface area contributed by atoms with Crippen molar-refractivity contribution < 1.29 is 23.1 Å². The van der Waals surface area contributed by atoms with Crippen LogP contribution in [-0.4, -0.2) is 55.1 Å². The highest BCUT2D eigenvalue weighted by atomic mass is 32.2. The van der Waals surface area contributed by atoms with Crippen LogP contribution < -0.4 is 5.32 Å². The SMILES string of the molecule is CC(CNC(=O)C1CCCN1S(C)(=O)=O)CC(=O)O. The van der Waals surface area contributed by atoms with Gasteiger partial charge >= 0.3 is 5.97 Å². The lowest BCUT2D eigenvalue weighted by molar-refractivity contribution is -0.138. The molecule has 0 spiro atoms. The van der Waals surface area contributed by atoms with Crippen LogP contribution in [0.25, 0.3) is 0 Å². The summed E-state index contributed by atoms with van der Waals surface area (Å²) in [6.07, 6.45) is 2.23. The summed E-state index contributed by atoms with van der Waals surface area (Å²) in [5, 5.41) is 11.2. The number of nitrogens with zero attached hydrogens (tertiary/aromatic N) is 1. The van der Waals surface area contributed by atoms with Crippen molar-refractivity contribution in [2.75, 3.05) is 19.3 Å². The predicted octanol–water partition coefficient (Wildman–Crippen LogP) is -0.363. The summed E-state index contributed by atoms with van der Waals surface area (Å²) >= 11 is 0. The number of carboxylic acids is 1. The molecule has 0 aromatic carbocycles. The van der Waals surface area contributed by atoms with E-state index in [2.05, 4.69) is 5.32 Å². The quantitative estimate of drug-likeness (QED) is 0.695. The Hall–Kier alpha value is -1.15. The Labute approximate surface area is 113 Å². The Bertz CT molecular complexity index is 448. The van der Waals surface area contributed by atoms with Crippen molar-refractivity contribution in [1.29, 1.82) is 0 Å². The molecule has 8 heteroatoms. The van der Waals surface area contributed by atoms with Crippen LogP contribution in [0.4, 0.5) is 0 Å². The van der Waals surface area contributed by atoms with Gasteiger partial charge in [0, 0.05) is 19.5 Å². The Morgan fingerprint density at radius 1 is 1.47 bits per heavy atom. The van der Waals surface area contributed by atoms with Gasteiger partial charge < -0.3 is 10.4 Å². The van der Waals surface area contributed by atoms with Crippen LogP contribution in [-0.2, 0) is 19.6 Å². The van der Waals surface area contributed by atoms with E-state index >= 15 is 0 Å². The zero-order valence-corrected chi connectivity index (χ0v) is 11.9. The fourth-order valence-electron chi connectivity index (χ4n) is 2.16. The van der Waals surface area contributed by atoms with Crippen LogP contribution in [0, 0.1) is 5.92 Å². The highest BCUT2D eigenvalue weighted by Crippen LogP contribution is 2.20.